The number of likely N-dealkylation sites (tertiary alicyclic amines) is 1. The van der Waals surface area contributed by atoms with Crippen LogP contribution in [0.5, 0.6) is 0 Å². The van der Waals surface area contributed by atoms with E-state index in [4.69, 9.17) is 5.73 Å². The van der Waals surface area contributed by atoms with Gasteiger partial charge in [-0.2, -0.15) is 0 Å². The van der Waals surface area contributed by atoms with E-state index < -0.39 is 0 Å². The Morgan fingerprint density at radius 3 is 2.94 bits per heavy atom. The predicted octanol–water partition coefficient (Wildman–Crippen LogP) is 2.01. The fourth-order valence-corrected chi connectivity index (χ4v) is 3.10. The van der Waals surface area contributed by atoms with Gasteiger partial charge < -0.3 is 5.73 Å². The molecule has 1 fully saturated rings. The SMILES string of the molecule is Cc1csc(CN2CCC(N)C(C)(C)C2)n1. The smallest absolute Gasteiger partial charge is 0.107 e. The average Bonchev–Trinajstić information content (AvgIpc) is 2.57. The molecule has 0 saturated carbocycles. The molecule has 3 nitrogen and oxygen atoms in total. The summed E-state index contributed by atoms with van der Waals surface area (Å²) in [6.07, 6.45) is 1.09. The maximum absolute atomic E-state index is 6.13. The summed E-state index contributed by atoms with van der Waals surface area (Å²) >= 11 is 1.76. The number of rotatable bonds is 2. The highest BCUT2D eigenvalue weighted by Crippen LogP contribution is 2.28. The lowest BCUT2D eigenvalue weighted by molar-refractivity contribution is 0.0898. The fraction of sp³-hybridized carbons (Fsp3) is 0.750. The largest absolute Gasteiger partial charge is 0.327 e. The van der Waals surface area contributed by atoms with E-state index >= 15 is 0 Å². The first-order valence-corrected chi connectivity index (χ1v) is 6.74. The Bertz CT molecular complexity index is 359. The van der Waals surface area contributed by atoms with Crippen molar-refractivity contribution in [1.29, 1.82) is 0 Å². The summed E-state index contributed by atoms with van der Waals surface area (Å²) < 4.78 is 0. The first-order chi connectivity index (χ1) is 7.47. The van der Waals surface area contributed by atoms with Crippen LogP contribution in [0.2, 0.25) is 0 Å². The summed E-state index contributed by atoms with van der Waals surface area (Å²) in [5.41, 5.74) is 7.49. The summed E-state index contributed by atoms with van der Waals surface area (Å²) in [7, 11) is 0. The number of aromatic nitrogens is 1. The normalized spacial score (nSPS) is 25.9. The maximum atomic E-state index is 6.13. The van der Waals surface area contributed by atoms with Crippen molar-refractivity contribution < 1.29 is 0 Å². The van der Waals surface area contributed by atoms with Crippen LogP contribution in [0, 0.1) is 12.3 Å². The van der Waals surface area contributed by atoms with Crippen LogP contribution in [-0.4, -0.2) is 29.0 Å². The van der Waals surface area contributed by atoms with Gasteiger partial charge in [-0.3, -0.25) is 4.90 Å². The van der Waals surface area contributed by atoms with Crippen molar-refractivity contribution in [1.82, 2.24) is 9.88 Å². The molecule has 0 aliphatic carbocycles. The zero-order valence-electron chi connectivity index (χ0n) is 10.4. The molecule has 1 aliphatic heterocycles. The third kappa shape index (κ3) is 2.62. The predicted molar refractivity (Wildman–Crippen MR) is 68.5 cm³/mol. The maximum Gasteiger partial charge on any atom is 0.107 e. The third-order valence-electron chi connectivity index (χ3n) is 3.42. The molecular formula is C12H21N3S. The van der Waals surface area contributed by atoms with E-state index in [-0.39, 0.29) is 5.41 Å². The number of nitrogens with zero attached hydrogens (tertiary/aromatic N) is 2. The highest BCUT2D eigenvalue weighted by Gasteiger charge is 2.33. The van der Waals surface area contributed by atoms with Crippen molar-refractivity contribution in [2.24, 2.45) is 11.1 Å². The van der Waals surface area contributed by atoms with E-state index in [0.29, 0.717) is 6.04 Å². The van der Waals surface area contributed by atoms with Crippen LogP contribution in [0.25, 0.3) is 0 Å². The Morgan fingerprint density at radius 2 is 2.38 bits per heavy atom. The van der Waals surface area contributed by atoms with Gasteiger partial charge in [0.1, 0.15) is 5.01 Å². The van der Waals surface area contributed by atoms with E-state index in [9.17, 15) is 0 Å². The van der Waals surface area contributed by atoms with Crippen LogP contribution in [0.15, 0.2) is 5.38 Å². The summed E-state index contributed by atoms with van der Waals surface area (Å²) in [5, 5.41) is 3.35. The molecule has 1 atom stereocenters. The number of hydrogen-bond donors (Lipinski definition) is 1. The Kier molecular flexibility index (Phi) is 3.33. The average molecular weight is 239 g/mol. The van der Waals surface area contributed by atoms with Gasteiger partial charge in [0, 0.05) is 30.2 Å². The number of piperidine rings is 1. The van der Waals surface area contributed by atoms with Gasteiger partial charge in [-0.1, -0.05) is 13.8 Å². The second-order valence-corrected chi connectivity index (χ2v) is 6.42. The molecule has 0 radical (unpaired) electrons. The van der Waals surface area contributed by atoms with Crippen molar-refractivity contribution in [2.45, 2.75) is 39.8 Å². The molecule has 1 unspecified atom stereocenters. The van der Waals surface area contributed by atoms with Crippen LogP contribution in [0.3, 0.4) is 0 Å². The lowest BCUT2D eigenvalue weighted by atomic mass is 9.80. The molecule has 0 spiro atoms. The molecule has 4 heteroatoms. The highest BCUT2D eigenvalue weighted by atomic mass is 32.1. The minimum absolute atomic E-state index is 0.227. The van der Waals surface area contributed by atoms with Crippen LogP contribution < -0.4 is 5.73 Å². The second-order valence-electron chi connectivity index (χ2n) is 5.48. The molecule has 90 valence electrons. The molecule has 0 amide bonds. The first kappa shape index (κ1) is 12.0. The van der Waals surface area contributed by atoms with Crippen molar-refractivity contribution in [2.75, 3.05) is 13.1 Å². The van der Waals surface area contributed by atoms with Crippen LogP contribution in [0.1, 0.15) is 31.0 Å². The Hall–Kier alpha value is -0.450. The van der Waals surface area contributed by atoms with Gasteiger partial charge in [0.25, 0.3) is 0 Å². The van der Waals surface area contributed by atoms with Gasteiger partial charge in [0.15, 0.2) is 0 Å². The Labute approximate surface area is 102 Å². The molecule has 2 rings (SSSR count). The quantitative estimate of drug-likeness (QED) is 0.858. The van der Waals surface area contributed by atoms with Gasteiger partial charge >= 0.3 is 0 Å². The van der Waals surface area contributed by atoms with E-state index in [1.807, 2.05) is 0 Å². The third-order valence-corrected chi connectivity index (χ3v) is 4.37. The molecule has 1 saturated heterocycles. The minimum Gasteiger partial charge on any atom is -0.327 e. The second kappa shape index (κ2) is 4.43. The summed E-state index contributed by atoms with van der Waals surface area (Å²) in [5.74, 6) is 0. The molecule has 0 aromatic carbocycles. The molecule has 2 heterocycles. The zero-order valence-corrected chi connectivity index (χ0v) is 11.2. The fourth-order valence-electron chi connectivity index (χ4n) is 2.29. The Balaban J connectivity index is 1.97. The van der Waals surface area contributed by atoms with Crippen LogP contribution in [-0.2, 0) is 6.54 Å². The summed E-state index contributed by atoms with van der Waals surface area (Å²) in [6, 6.07) is 0.335. The van der Waals surface area contributed by atoms with Crippen molar-refractivity contribution in [3.05, 3.63) is 16.1 Å². The molecule has 1 aromatic heterocycles. The van der Waals surface area contributed by atoms with Gasteiger partial charge in [-0.05, 0) is 18.8 Å². The lowest BCUT2D eigenvalue weighted by Crippen LogP contribution is -2.52. The molecule has 1 aliphatic rings. The number of hydrogen-bond acceptors (Lipinski definition) is 4. The lowest BCUT2D eigenvalue weighted by Gasteiger charge is -2.42. The van der Waals surface area contributed by atoms with Gasteiger partial charge in [-0.25, -0.2) is 4.98 Å². The molecule has 16 heavy (non-hydrogen) atoms. The van der Waals surface area contributed by atoms with Crippen molar-refractivity contribution in [3.63, 3.8) is 0 Å². The summed E-state index contributed by atoms with van der Waals surface area (Å²) in [6.45, 7) is 9.73. The number of aryl methyl sites for hydroxylation is 1. The van der Waals surface area contributed by atoms with E-state index in [1.165, 1.54) is 5.01 Å². The van der Waals surface area contributed by atoms with Gasteiger partial charge in [-0.15, -0.1) is 11.3 Å². The van der Waals surface area contributed by atoms with E-state index in [2.05, 4.69) is 36.0 Å². The first-order valence-electron chi connectivity index (χ1n) is 5.86. The van der Waals surface area contributed by atoms with Crippen molar-refractivity contribution >= 4 is 11.3 Å². The molecule has 0 bridgehead atoms. The highest BCUT2D eigenvalue weighted by molar-refractivity contribution is 7.09. The molecule has 2 N–H and O–H groups in total. The summed E-state index contributed by atoms with van der Waals surface area (Å²) in [4.78, 5) is 6.99. The zero-order chi connectivity index (χ0) is 11.8. The van der Waals surface area contributed by atoms with Crippen LogP contribution >= 0.6 is 11.3 Å². The van der Waals surface area contributed by atoms with E-state index in [0.717, 1.165) is 31.7 Å². The molecule has 1 aromatic rings. The Morgan fingerprint density at radius 1 is 1.62 bits per heavy atom. The van der Waals surface area contributed by atoms with Gasteiger partial charge in [0.2, 0.25) is 0 Å². The van der Waals surface area contributed by atoms with Crippen molar-refractivity contribution in [3.8, 4) is 0 Å². The standard InChI is InChI=1S/C12H21N3S/c1-9-7-16-11(14-9)6-15-5-4-10(13)12(2,3)8-15/h7,10H,4-6,8,13H2,1-3H3. The van der Waals surface area contributed by atoms with E-state index in [1.54, 1.807) is 11.3 Å². The van der Waals surface area contributed by atoms with Crippen LogP contribution in [0.4, 0.5) is 0 Å². The topological polar surface area (TPSA) is 42.1 Å². The molecular weight excluding hydrogens is 218 g/mol. The monoisotopic (exact) mass is 239 g/mol. The number of thiazole rings is 1. The minimum atomic E-state index is 0.227. The number of nitrogens with two attached hydrogens (primary N) is 1. The van der Waals surface area contributed by atoms with Gasteiger partial charge in [0.05, 0.1) is 6.54 Å².